The van der Waals surface area contributed by atoms with Crippen molar-refractivity contribution < 1.29 is 14.2 Å². The third-order valence-electron chi connectivity index (χ3n) is 4.38. The molecule has 0 saturated carbocycles. The Hall–Kier alpha value is -2.43. The predicted octanol–water partition coefficient (Wildman–Crippen LogP) is 3.27. The molecule has 0 saturated heterocycles. The first kappa shape index (κ1) is 16.4. The van der Waals surface area contributed by atoms with Crippen molar-refractivity contribution in [3.63, 3.8) is 0 Å². The van der Waals surface area contributed by atoms with Crippen LogP contribution in [0.4, 0.5) is 0 Å². The summed E-state index contributed by atoms with van der Waals surface area (Å²) in [5.74, 6) is 2.08. The van der Waals surface area contributed by atoms with E-state index in [2.05, 4.69) is 6.92 Å². The lowest BCUT2D eigenvalue weighted by Gasteiger charge is -2.25. The van der Waals surface area contributed by atoms with E-state index in [0.717, 1.165) is 41.8 Å². The van der Waals surface area contributed by atoms with Crippen LogP contribution in [0.1, 0.15) is 25.3 Å². The van der Waals surface area contributed by atoms with Crippen molar-refractivity contribution in [2.45, 2.75) is 32.7 Å². The molecule has 0 radical (unpaired) electrons. The monoisotopic (exact) mass is 329 g/mol. The van der Waals surface area contributed by atoms with E-state index in [-0.39, 0.29) is 5.56 Å². The number of rotatable bonds is 6. The molecular weight excluding hydrogens is 306 g/mol. The van der Waals surface area contributed by atoms with Crippen LogP contribution in [0.2, 0.25) is 0 Å². The van der Waals surface area contributed by atoms with E-state index in [1.54, 1.807) is 24.9 Å². The molecule has 3 rings (SSSR count). The van der Waals surface area contributed by atoms with E-state index in [9.17, 15) is 4.79 Å². The molecule has 0 aliphatic carbocycles. The number of ether oxygens (including phenoxy) is 3. The molecule has 0 amide bonds. The van der Waals surface area contributed by atoms with Gasteiger partial charge in [0.15, 0.2) is 11.5 Å². The molecule has 2 heterocycles. The van der Waals surface area contributed by atoms with E-state index in [4.69, 9.17) is 14.2 Å². The number of nitrogens with zero attached hydrogens (tertiary/aromatic N) is 1. The smallest absolute Gasteiger partial charge is 0.254 e. The van der Waals surface area contributed by atoms with Crippen LogP contribution >= 0.6 is 0 Å². The van der Waals surface area contributed by atoms with Crippen LogP contribution in [0.5, 0.6) is 17.2 Å². The molecule has 5 nitrogen and oxygen atoms in total. The maximum absolute atomic E-state index is 12.4. The van der Waals surface area contributed by atoms with Gasteiger partial charge in [0, 0.05) is 29.8 Å². The molecule has 0 unspecified atom stereocenters. The van der Waals surface area contributed by atoms with Crippen molar-refractivity contribution in [1.82, 2.24) is 4.57 Å². The molecule has 5 heteroatoms. The van der Waals surface area contributed by atoms with Crippen molar-refractivity contribution in [2.75, 3.05) is 20.8 Å². The standard InChI is InChI=1S/C19H23NO4/c1-4-5-10-24-13-11-16-14-6-7-17(22-2)19(23-3)15(14)8-9-20(16)18(21)12-13/h6-7,11-12H,4-5,8-10H2,1-3H3. The lowest BCUT2D eigenvalue weighted by Crippen LogP contribution is -2.26. The number of hydrogen-bond acceptors (Lipinski definition) is 4. The molecule has 1 aromatic carbocycles. The van der Waals surface area contributed by atoms with Crippen LogP contribution in [-0.4, -0.2) is 25.4 Å². The molecule has 1 aromatic heterocycles. The van der Waals surface area contributed by atoms with Gasteiger partial charge in [-0.2, -0.15) is 0 Å². The highest BCUT2D eigenvalue weighted by atomic mass is 16.5. The maximum Gasteiger partial charge on any atom is 0.254 e. The molecule has 0 spiro atoms. The molecule has 0 N–H and O–H groups in total. The molecular formula is C19H23NO4. The van der Waals surface area contributed by atoms with Gasteiger partial charge in [0.05, 0.1) is 26.5 Å². The summed E-state index contributed by atoms with van der Waals surface area (Å²) in [7, 11) is 3.27. The van der Waals surface area contributed by atoms with Crippen molar-refractivity contribution in [3.8, 4) is 28.5 Å². The number of pyridine rings is 1. The Morgan fingerprint density at radius 1 is 1.17 bits per heavy atom. The van der Waals surface area contributed by atoms with E-state index in [1.807, 2.05) is 18.2 Å². The summed E-state index contributed by atoms with van der Waals surface area (Å²) in [6.07, 6.45) is 2.77. The molecule has 0 fully saturated rings. The first-order chi connectivity index (χ1) is 11.7. The number of methoxy groups -OCH3 is 2. The van der Waals surface area contributed by atoms with Gasteiger partial charge in [-0.05, 0) is 25.0 Å². The van der Waals surface area contributed by atoms with Crippen LogP contribution in [0, 0.1) is 0 Å². The van der Waals surface area contributed by atoms with Crippen LogP contribution in [0.25, 0.3) is 11.3 Å². The molecule has 128 valence electrons. The van der Waals surface area contributed by atoms with Gasteiger partial charge in [-0.25, -0.2) is 0 Å². The van der Waals surface area contributed by atoms with Crippen LogP contribution in [0.15, 0.2) is 29.1 Å². The average Bonchev–Trinajstić information content (AvgIpc) is 2.60. The zero-order valence-electron chi connectivity index (χ0n) is 14.4. The first-order valence-electron chi connectivity index (χ1n) is 8.31. The summed E-state index contributed by atoms with van der Waals surface area (Å²) in [6.45, 7) is 3.36. The number of hydrogen-bond donors (Lipinski definition) is 0. The first-order valence-corrected chi connectivity index (χ1v) is 8.31. The van der Waals surface area contributed by atoms with Gasteiger partial charge in [-0.15, -0.1) is 0 Å². The summed E-state index contributed by atoms with van der Waals surface area (Å²) in [5, 5.41) is 0. The number of unbranched alkanes of at least 4 members (excludes halogenated alkanes) is 1. The highest BCUT2D eigenvalue weighted by molar-refractivity contribution is 5.72. The minimum Gasteiger partial charge on any atom is -0.493 e. The second-order valence-electron chi connectivity index (χ2n) is 5.85. The number of aromatic nitrogens is 1. The summed E-state index contributed by atoms with van der Waals surface area (Å²) < 4.78 is 18.5. The molecule has 24 heavy (non-hydrogen) atoms. The Kier molecular flexibility index (Phi) is 4.79. The van der Waals surface area contributed by atoms with E-state index in [0.29, 0.717) is 24.7 Å². The number of fused-ring (bicyclic) bond motifs is 3. The van der Waals surface area contributed by atoms with Crippen molar-refractivity contribution in [2.24, 2.45) is 0 Å². The minimum absolute atomic E-state index is 0.0283. The lowest BCUT2D eigenvalue weighted by atomic mass is 9.95. The minimum atomic E-state index is -0.0283. The van der Waals surface area contributed by atoms with E-state index >= 15 is 0 Å². The van der Waals surface area contributed by atoms with Crippen molar-refractivity contribution in [3.05, 3.63) is 40.2 Å². The molecule has 0 atom stereocenters. The summed E-state index contributed by atoms with van der Waals surface area (Å²) >= 11 is 0. The summed E-state index contributed by atoms with van der Waals surface area (Å²) in [6, 6.07) is 7.38. The SMILES string of the molecule is CCCCOc1cc2n(c(=O)c1)CCc1c-2ccc(OC)c1OC. The molecule has 2 aromatic rings. The van der Waals surface area contributed by atoms with Gasteiger partial charge in [0.1, 0.15) is 5.75 Å². The zero-order valence-corrected chi connectivity index (χ0v) is 14.4. The van der Waals surface area contributed by atoms with Crippen LogP contribution in [0.3, 0.4) is 0 Å². The van der Waals surface area contributed by atoms with Gasteiger partial charge >= 0.3 is 0 Å². The lowest BCUT2D eigenvalue weighted by molar-refractivity contribution is 0.308. The quantitative estimate of drug-likeness (QED) is 0.763. The third-order valence-corrected chi connectivity index (χ3v) is 4.38. The number of benzene rings is 1. The van der Waals surface area contributed by atoms with Crippen LogP contribution < -0.4 is 19.8 Å². The molecule has 1 aliphatic heterocycles. The van der Waals surface area contributed by atoms with Crippen LogP contribution in [-0.2, 0) is 13.0 Å². The average molecular weight is 329 g/mol. The second kappa shape index (κ2) is 6.99. The van der Waals surface area contributed by atoms with E-state index < -0.39 is 0 Å². The van der Waals surface area contributed by atoms with Gasteiger partial charge in [0.25, 0.3) is 5.56 Å². The molecule has 1 aliphatic rings. The fraction of sp³-hybridized carbons (Fsp3) is 0.421. The Labute approximate surface area is 141 Å². The van der Waals surface area contributed by atoms with Gasteiger partial charge in [-0.3, -0.25) is 4.79 Å². The maximum atomic E-state index is 12.4. The summed E-state index contributed by atoms with van der Waals surface area (Å²) in [5.41, 5.74) is 2.91. The van der Waals surface area contributed by atoms with Crippen molar-refractivity contribution >= 4 is 0 Å². The fourth-order valence-electron chi connectivity index (χ4n) is 3.15. The molecule has 0 bridgehead atoms. The fourth-order valence-corrected chi connectivity index (χ4v) is 3.15. The normalized spacial score (nSPS) is 12.3. The largest absolute Gasteiger partial charge is 0.493 e. The Bertz CT molecular complexity index is 795. The van der Waals surface area contributed by atoms with Gasteiger partial charge < -0.3 is 18.8 Å². The topological polar surface area (TPSA) is 49.7 Å². The third kappa shape index (κ3) is 2.86. The highest BCUT2D eigenvalue weighted by Gasteiger charge is 2.23. The summed E-state index contributed by atoms with van der Waals surface area (Å²) in [4.78, 5) is 12.4. The zero-order chi connectivity index (χ0) is 17.1. The van der Waals surface area contributed by atoms with E-state index in [1.165, 1.54) is 0 Å². The Morgan fingerprint density at radius 3 is 2.71 bits per heavy atom. The Morgan fingerprint density at radius 2 is 2.00 bits per heavy atom. The van der Waals surface area contributed by atoms with Gasteiger partial charge in [-0.1, -0.05) is 13.3 Å². The Balaban J connectivity index is 2.08. The van der Waals surface area contributed by atoms with Gasteiger partial charge in [0.2, 0.25) is 0 Å². The highest BCUT2D eigenvalue weighted by Crippen LogP contribution is 2.41. The predicted molar refractivity (Wildman–Crippen MR) is 93.3 cm³/mol. The van der Waals surface area contributed by atoms with Crippen molar-refractivity contribution in [1.29, 1.82) is 0 Å². The second-order valence-corrected chi connectivity index (χ2v) is 5.85.